The van der Waals surface area contributed by atoms with E-state index in [1.54, 1.807) is 0 Å². The molecule has 17 heavy (non-hydrogen) atoms. The molecular formula is C13H24N4. The van der Waals surface area contributed by atoms with E-state index in [0.717, 1.165) is 25.6 Å². The van der Waals surface area contributed by atoms with Gasteiger partial charge in [-0.1, -0.05) is 6.92 Å². The Hall–Kier alpha value is -0.870. The summed E-state index contributed by atoms with van der Waals surface area (Å²) in [5.74, 6) is 1.98. The summed E-state index contributed by atoms with van der Waals surface area (Å²) in [6, 6.07) is 0. The second-order valence-electron chi connectivity index (χ2n) is 5.01. The number of imidazole rings is 1. The maximum Gasteiger partial charge on any atom is 0.122 e. The minimum Gasteiger partial charge on any atom is -0.337 e. The van der Waals surface area contributed by atoms with E-state index in [9.17, 15) is 0 Å². The first-order valence-electron chi connectivity index (χ1n) is 6.69. The summed E-state index contributed by atoms with van der Waals surface area (Å²) in [6.45, 7) is 7.83. The van der Waals surface area contributed by atoms with Crippen LogP contribution in [-0.2, 0) is 13.6 Å². The quantitative estimate of drug-likeness (QED) is 0.835. The second kappa shape index (κ2) is 6.17. The molecule has 2 rings (SSSR count). The zero-order valence-corrected chi connectivity index (χ0v) is 11.0. The van der Waals surface area contributed by atoms with Gasteiger partial charge >= 0.3 is 0 Å². The van der Waals surface area contributed by atoms with Crippen molar-refractivity contribution in [1.29, 1.82) is 0 Å². The smallest absolute Gasteiger partial charge is 0.122 e. The lowest BCUT2D eigenvalue weighted by molar-refractivity contribution is 0.161. The minimum atomic E-state index is 0.809. The van der Waals surface area contributed by atoms with Crippen LogP contribution in [0, 0.1) is 5.92 Å². The number of likely N-dealkylation sites (tertiary alicyclic amines) is 1. The molecule has 4 heteroatoms. The molecule has 1 saturated heterocycles. The highest BCUT2D eigenvalue weighted by Crippen LogP contribution is 2.17. The van der Waals surface area contributed by atoms with Gasteiger partial charge in [0.05, 0.1) is 6.54 Å². The first kappa shape index (κ1) is 12.6. The zero-order chi connectivity index (χ0) is 12.1. The van der Waals surface area contributed by atoms with Crippen LogP contribution < -0.4 is 5.32 Å². The largest absolute Gasteiger partial charge is 0.337 e. The summed E-state index contributed by atoms with van der Waals surface area (Å²) in [5, 5.41) is 3.46. The van der Waals surface area contributed by atoms with Gasteiger partial charge in [-0.15, -0.1) is 0 Å². The highest BCUT2D eigenvalue weighted by molar-refractivity contribution is 4.91. The van der Waals surface area contributed by atoms with Gasteiger partial charge in [-0.2, -0.15) is 0 Å². The average molecular weight is 236 g/mol. The van der Waals surface area contributed by atoms with Gasteiger partial charge in [-0.05, 0) is 38.4 Å². The summed E-state index contributed by atoms with van der Waals surface area (Å²) in [7, 11) is 2.07. The van der Waals surface area contributed by atoms with Crippen molar-refractivity contribution in [3.63, 3.8) is 0 Å². The third-order valence-electron chi connectivity index (χ3n) is 3.57. The molecule has 96 valence electrons. The molecule has 1 aliphatic rings. The van der Waals surface area contributed by atoms with Gasteiger partial charge in [-0.25, -0.2) is 4.98 Å². The molecule has 1 fully saturated rings. The molecule has 2 heterocycles. The van der Waals surface area contributed by atoms with E-state index < -0.39 is 0 Å². The number of aryl methyl sites for hydroxylation is 1. The number of nitrogens with one attached hydrogen (secondary N) is 1. The maximum atomic E-state index is 4.40. The van der Waals surface area contributed by atoms with Crippen molar-refractivity contribution >= 4 is 0 Å². The van der Waals surface area contributed by atoms with Crippen molar-refractivity contribution in [2.45, 2.75) is 26.3 Å². The highest BCUT2D eigenvalue weighted by atomic mass is 15.2. The maximum absolute atomic E-state index is 4.40. The molecule has 0 aromatic carbocycles. The molecule has 0 bridgehead atoms. The standard InChI is InChI=1S/C13H24N4/c1-3-14-9-12-5-4-7-17(10-12)11-13-15-6-8-16(13)2/h6,8,12,14H,3-5,7,9-11H2,1-2H3. The third-order valence-corrected chi connectivity index (χ3v) is 3.57. The monoisotopic (exact) mass is 236 g/mol. The van der Waals surface area contributed by atoms with Crippen molar-refractivity contribution in [3.8, 4) is 0 Å². The van der Waals surface area contributed by atoms with Gasteiger partial charge in [0, 0.05) is 26.0 Å². The van der Waals surface area contributed by atoms with Gasteiger partial charge in [-0.3, -0.25) is 4.90 Å². The summed E-state index contributed by atoms with van der Waals surface area (Å²) in [5.41, 5.74) is 0. The molecule has 0 amide bonds. The molecule has 0 spiro atoms. The Morgan fingerprint density at radius 1 is 1.53 bits per heavy atom. The van der Waals surface area contributed by atoms with Crippen LogP contribution in [0.2, 0.25) is 0 Å². The zero-order valence-electron chi connectivity index (χ0n) is 11.0. The van der Waals surface area contributed by atoms with Crippen molar-refractivity contribution in [3.05, 3.63) is 18.2 Å². The second-order valence-corrected chi connectivity index (χ2v) is 5.01. The van der Waals surface area contributed by atoms with Crippen molar-refractivity contribution in [2.24, 2.45) is 13.0 Å². The van der Waals surface area contributed by atoms with Gasteiger partial charge in [0.25, 0.3) is 0 Å². The Labute approximate surface area is 104 Å². The van der Waals surface area contributed by atoms with E-state index in [0.29, 0.717) is 0 Å². The highest BCUT2D eigenvalue weighted by Gasteiger charge is 2.20. The summed E-state index contributed by atoms with van der Waals surface area (Å²) in [6.07, 6.45) is 6.59. The van der Waals surface area contributed by atoms with E-state index in [-0.39, 0.29) is 0 Å². The number of hydrogen-bond acceptors (Lipinski definition) is 3. The first-order chi connectivity index (χ1) is 8.29. The van der Waals surface area contributed by atoms with E-state index in [1.165, 1.54) is 31.8 Å². The van der Waals surface area contributed by atoms with Crippen LogP contribution in [0.25, 0.3) is 0 Å². The summed E-state index contributed by atoms with van der Waals surface area (Å²) >= 11 is 0. The molecule has 1 N–H and O–H groups in total. The lowest BCUT2D eigenvalue weighted by Gasteiger charge is -2.32. The normalized spacial score (nSPS) is 21.9. The number of piperidine rings is 1. The first-order valence-corrected chi connectivity index (χ1v) is 6.69. The van der Waals surface area contributed by atoms with Crippen molar-refractivity contribution < 1.29 is 0 Å². The molecule has 0 aliphatic carbocycles. The molecule has 0 saturated carbocycles. The Balaban J connectivity index is 1.83. The Kier molecular flexibility index (Phi) is 4.57. The number of nitrogens with zero attached hydrogens (tertiary/aromatic N) is 3. The van der Waals surface area contributed by atoms with Crippen LogP contribution in [0.5, 0.6) is 0 Å². The minimum absolute atomic E-state index is 0.809. The lowest BCUT2D eigenvalue weighted by atomic mass is 9.98. The van der Waals surface area contributed by atoms with Crippen LogP contribution >= 0.6 is 0 Å². The predicted molar refractivity (Wildman–Crippen MR) is 69.8 cm³/mol. The number of hydrogen-bond donors (Lipinski definition) is 1. The fraction of sp³-hybridized carbons (Fsp3) is 0.769. The fourth-order valence-corrected chi connectivity index (χ4v) is 2.56. The van der Waals surface area contributed by atoms with Crippen LogP contribution in [0.3, 0.4) is 0 Å². The van der Waals surface area contributed by atoms with E-state index in [1.807, 2.05) is 12.4 Å². The van der Waals surface area contributed by atoms with Crippen molar-refractivity contribution in [1.82, 2.24) is 19.8 Å². The van der Waals surface area contributed by atoms with Crippen LogP contribution in [0.1, 0.15) is 25.6 Å². The topological polar surface area (TPSA) is 33.1 Å². The van der Waals surface area contributed by atoms with Gasteiger partial charge in [0.2, 0.25) is 0 Å². The SMILES string of the molecule is CCNCC1CCCN(Cc2nccn2C)C1. The fourth-order valence-electron chi connectivity index (χ4n) is 2.56. The number of rotatable bonds is 5. The van der Waals surface area contributed by atoms with Crippen LogP contribution in [0.15, 0.2) is 12.4 Å². The van der Waals surface area contributed by atoms with Gasteiger partial charge in [0.15, 0.2) is 0 Å². The van der Waals surface area contributed by atoms with E-state index in [2.05, 4.69) is 33.7 Å². The molecule has 0 radical (unpaired) electrons. The average Bonchev–Trinajstić information content (AvgIpc) is 2.73. The molecular weight excluding hydrogens is 212 g/mol. The predicted octanol–water partition coefficient (Wildman–Crippen LogP) is 1.24. The summed E-state index contributed by atoms with van der Waals surface area (Å²) in [4.78, 5) is 6.94. The molecule has 1 unspecified atom stereocenters. The molecule has 1 aromatic rings. The van der Waals surface area contributed by atoms with Gasteiger partial charge < -0.3 is 9.88 Å². The molecule has 1 aromatic heterocycles. The van der Waals surface area contributed by atoms with Crippen LogP contribution in [-0.4, -0.2) is 40.6 Å². The summed E-state index contributed by atoms with van der Waals surface area (Å²) < 4.78 is 2.12. The van der Waals surface area contributed by atoms with Gasteiger partial charge in [0.1, 0.15) is 5.82 Å². The van der Waals surface area contributed by atoms with Crippen molar-refractivity contribution in [2.75, 3.05) is 26.2 Å². The van der Waals surface area contributed by atoms with E-state index >= 15 is 0 Å². The molecule has 1 aliphatic heterocycles. The Bertz CT molecular complexity index is 334. The lowest BCUT2D eigenvalue weighted by Crippen LogP contribution is -2.39. The molecule has 4 nitrogen and oxygen atoms in total. The Morgan fingerprint density at radius 3 is 3.12 bits per heavy atom. The molecule has 1 atom stereocenters. The Morgan fingerprint density at radius 2 is 2.41 bits per heavy atom. The number of aromatic nitrogens is 2. The van der Waals surface area contributed by atoms with E-state index in [4.69, 9.17) is 0 Å². The third kappa shape index (κ3) is 3.54. The van der Waals surface area contributed by atoms with Crippen LogP contribution in [0.4, 0.5) is 0 Å².